The number of nitrogens with two attached hydrogens (primary N) is 1. The molecule has 0 aliphatic rings. The number of hydrogen-bond donors (Lipinski definition) is 2. The number of nitrogens with zero attached hydrogens (tertiary/aromatic N) is 1. The summed E-state index contributed by atoms with van der Waals surface area (Å²) in [6.07, 6.45) is 3.31. The van der Waals surface area contributed by atoms with Crippen LogP contribution in [0.1, 0.15) is 11.1 Å². The van der Waals surface area contributed by atoms with Gasteiger partial charge in [0.05, 0.1) is 0 Å². The van der Waals surface area contributed by atoms with Gasteiger partial charge in [0.15, 0.2) is 11.2 Å². The van der Waals surface area contributed by atoms with Crippen molar-refractivity contribution in [2.45, 2.75) is 12.8 Å². The van der Waals surface area contributed by atoms with E-state index >= 15 is 0 Å². The lowest BCUT2D eigenvalue weighted by atomic mass is 10.0. The fourth-order valence-electron chi connectivity index (χ4n) is 2.07. The summed E-state index contributed by atoms with van der Waals surface area (Å²) in [4.78, 5) is 17.8. The van der Waals surface area contributed by atoms with Crippen molar-refractivity contribution in [3.05, 3.63) is 58.2 Å². The Balaban J connectivity index is 1.85. The van der Waals surface area contributed by atoms with Gasteiger partial charge >= 0.3 is 5.76 Å². The first-order valence-electron chi connectivity index (χ1n) is 6.03. The first kappa shape index (κ1) is 11.5. The lowest BCUT2D eigenvalue weighted by molar-refractivity contribution is 0.551. The number of pyridine rings is 1. The van der Waals surface area contributed by atoms with E-state index in [1.807, 2.05) is 30.3 Å². The molecule has 3 N–H and O–H groups in total. The van der Waals surface area contributed by atoms with Crippen LogP contribution in [0.5, 0.6) is 0 Å². The zero-order valence-electron chi connectivity index (χ0n) is 10.2. The normalized spacial score (nSPS) is 10.9. The summed E-state index contributed by atoms with van der Waals surface area (Å²) in [5, 5.41) is 0. The molecule has 3 aromatic rings. The van der Waals surface area contributed by atoms with Crippen molar-refractivity contribution < 1.29 is 4.42 Å². The SMILES string of the molecule is Nc1ccc(CCc2ccnc3[nH]c(=O)oc23)cc1. The summed E-state index contributed by atoms with van der Waals surface area (Å²) in [6, 6.07) is 9.64. The number of nitrogens with one attached hydrogen (secondary N) is 1. The minimum absolute atomic E-state index is 0.470. The van der Waals surface area contributed by atoms with Gasteiger partial charge in [0, 0.05) is 17.4 Å². The fourth-order valence-corrected chi connectivity index (χ4v) is 2.07. The molecule has 2 aromatic heterocycles. The Morgan fingerprint density at radius 1 is 1.16 bits per heavy atom. The second-order valence-electron chi connectivity index (χ2n) is 4.40. The Hall–Kier alpha value is -2.56. The highest BCUT2D eigenvalue weighted by Gasteiger charge is 2.07. The summed E-state index contributed by atoms with van der Waals surface area (Å²) in [5.41, 5.74) is 9.61. The zero-order valence-corrected chi connectivity index (χ0v) is 10.2. The molecular weight excluding hydrogens is 242 g/mol. The number of hydrogen-bond acceptors (Lipinski definition) is 4. The van der Waals surface area contributed by atoms with Crippen molar-refractivity contribution in [1.29, 1.82) is 0 Å². The highest BCUT2D eigenvalue weighted by atomic mass is 16.4. The number of oxazole rings is 1. The van der Waals surface area contributed by atoms with Crippen LogP contribution in [0.3, 0.4) is 0 Å². The Kier molecular flexibility index (Phi) is 2.79. The lowest BCUT2D eigenvalue weighted by Crippen LogP contribution is -1.93. The third-order valence-corrected chi connectivity index (χ3v) is 3.06. The van der Waals surface area contributed by atoms with Crippen molar-refractivity contribution in [2.75, 3.05) is 5.73 Å². The Morgan fingerprint density at radius 3 is 2.74 bits per heavy atom. The first-order valence-corrected chi connectivity index (χ1v) is 6.03. The molecule has 0 bridgehead atoms. The molecule has 5 nitrogen and oxygen atoms in total. The van der Waals surface area contributed by atoms with Gasteiger partial charge in [-0.25, -0.2) is 9.78 Å². The zero-order chi connectivity index (χ0) is 13.2. The summed E-state index contributed by atoms with van der Waals surface area (Å²) >= 11 is 0. The number of benzene rings is 1. The first-order chi connectivity index (χ1) is 9.22. The third-order valence-electron chi connectivity index (χ3n) is 3.06. The second-order valence-corrected chi connectivity index (χ2v) is 4.40. The number of nitrogen functional groups attached to an aromatic ring is 1. The van der Waals surface area contributed by atoms with E-state index in [0.717, 1.165) is 24.1 Å². The standard InChI is InChI=1S/C14H13N3O2/c15-11-5-2-9(3-6-11)1-4-10-7-8-16-13-12(10)19-14(18)17-13/h2-3,5-8H,1,4,15H2,(H,16,17,18). The van der Waals surface area contributed by atoms with Crippen LogP contribution in [-0.4, -0.2) is 9.97 Å². The molecular formula is C14H13N3O2. The fraction of sp³-hybridized carbons (Fsp3) is 0.143. The van der Waals surface area contributed by atoms with Gasteiger partial charge < -0.3 is 10.2 Å². The molecule has 0 unspecified atom stereocenters. The molecule has 0 saturated heterocycles. The summed E-state index contributed by atoms with van der Waals surface area (Å²) < 4.78 is 5.11. The third kappa shape index (κ3) is 2.35. The monoisotopic (exact) mass is 255 g/mol. The number of aromatic amines is 1. The van der Waals surface area contributed by atoms with Gasteiger partial charge in [-0.05, 0) is 36.6 Å². The minimum atomic E-state index is -0.470. The Labute approximate surface area is 109 Å². The van der Waals surface area contributed by atoms with Crippen molar-refractivity contribution in [2.24, 2.45) is 0 Å². The predicted octanol–water partition coefficient (Wildman–Crippen LogP) is 1.88. The van der Waals surface area contributed by atoms with Gasteiger partial charge in [0.2, 0.25) is 0 Å². The van der Waals surface area contributed by atoms with E-state index in [1.54, 1.807) is 6.20 Å². The van der Waals surface area contributed by atoms with Crippen molar-refractivity contribution in [3.8, 4) is 0 Å². The largest absolute Gasteiger partial charge is 0.418 e. The van der Waals surface area contributed by atoms with E-state index in [1.165, 1.54) is 5.56 Å². The van der Waals surface area contributed by atoms with Crippen LogP contribution in [0.25, 0.3) is 11.2 Å². The number of rotatable bonds is 3. The second kappa shape index (κ2) is 4.61. The molecule has 1 aromatic carbocycles. The average molecular weight is 255 g/mol. The molecule has 3 rings (SSSR count). The molecule has 0 aliphatic carbocycles. The molecule has 0 saturated carbocycles. The highest BCUT2D eigenvalue weighted by molar-refractivity contribution is 5.71. The van der Waals surface area contributed by atoms with Crippen molar-refractivity contribution >= 4 is 16.9 Å². The van der Waals surface area contributed by atoms with Crippen LogP contribution in [0.2, 0.25) is 0 Å². The minimum Gasteiger partial charge on any atom is -0.406 e. The van der Waals surface area contributed by atoms with Crippen LogP contribution in [0.4, 0.5) is 5.69 Å². The van der Waals surface area contributed by atoms with E-state index in [4.69, 9.17) is 10.2 Å². The van der Waals surface area contributed by atoms with E-state index in [-0.39, 0.29) is 0 Å². The van der Waals surface area contributed by atoms with E-state index in [2.05, 4.69) is 9.97 Å². The molecule has 0 aliphatic heterocycles. The van der Waals surface area contributed by atoms with E-state index in [0.29, 0.717) is 11.2 Å². The van der Waals surface area contributed by atoms with E-state index in [9.17, 15) is 4.79 Å². The number of fused-ring (bicyclic) bond motifs is 1. The smallest absolute Gasteiger partial charge is 0.406 e. The van der Waals surface area contributed by atoms with Gasteiger partial charge in [0.25, 0.3) is 0 Å². The molecule has 0 fully saturated rings. The van der Waals surface area contributed by atoms with Gasteiger partial charge in [-0.3, -0.25) is 4.98 Å². The van der Waals surface area contributed by atoms with Crippen LogP contribution in [0.15, 0.2) is 45.7 Å². The maximum absolute atomic E-state index is 11.2. The lowest BCUT2D eigenvalue weighted by Gasteiger charge is -2.02. The quantitative estimate of drug-likeness (QED) is 0.700. The molecule has 0 atom stereocenters. The molecule has 5 heteroatoms. The maximum Gasteiger partial charge on any atom is 0.418 e. The highest BCUT2D eigenvalue weighted by Crippen LogP contribution is 2.16. The van der Waals surface area contributed by atoms with Crippen LogP contribution in [-0.2, 0) is 12.8 Å². The van der Waals surface area contributed by atoms with Gasteiger partial charge in [0.1, 0.15) is 0 Å². The van der Waals surface area contributed by atoms with Crippen molar-refractivity contribution in [3.63, 3.8) is 0 Å². The molecule has 0 radical (unpaired) electrons. The molecule has 0 amide bonds. The summed E-state index contributed by atoms with van der Waals surface area (Å²) in [7, 11) is 0. The average Bonchev–Trinajstić information content (AvgIpc) is 2.79. The number of anilines is 1. The van der Waals surface area contributed by atoms with Crippen LogP contribution >= 0.6 is 0 Å². The summed E-state index contributed by atoms with van der Waals surface area (Å²) in [5.74, 6) is -0.470. The van der Waals surface area contributed by atoms with Crippen LogP contribution < -0.4 is 11.5 Å². The number of aromatic nitrogens is 2. The molecule has 19 heavy (non-hydrogen) atoms. The molecule has 96 valence electrons. The van der Waals surface area contributed by atoms with Crippen LogP contribution in [0, 0.1) is 0 Å². The van der Waals surface area contributed by atoms with Gasteiger partial charge in [-0.15, -0.1) is 0 Å². The Morgan fingerprint density at radius 2 is 1.95 bits per heavy atom. The molecule has 2 heterocycles. The Bertz CT molecular complexity index is 756. The topological polar surface area (TPSA) is 84.9 Å². The maximum atomic E-state index is 11.2. The van der Waals surface area contributed by atoms with E-state index < -0.39 is 5.76 Å². The predicted molar refractivity (Wildman–Crippen MR) is 72.9 cm³/mol. The van der Waals surface area contributed by atoms with Gasteiger partial charge in [-0.2, -0.15) is 0 Å². The summed E-state index contributed by atoms with van der Waals surface area (Å²) in [6.45, 7) is 0. The van der Waals surface area contributed by atoms with Gasteiger partial charge in [-0.1, -0.05) is 12.1 Å². The number of aryl methyl sites for hydroxylation is 2. The number of H-pyrrole nitrogens is 1. The van der Waals surface area contributed by atoms with Crippen molar-refractivity contribution in [1.82, 2.24) is 9.97 Å². The molecule has 0 spiro atoms.